The number of hydrogen-bond acceptors (Lipinski definition) is 3. The molecular weight excluding hydrogens is 382 g/mol. The van der Waals surface area contributed by atoms with Gasteiger partial charge in [-0.05, 0) is 24.3 Å². The summed E-state index contributed by atoms with van der Waals surface area (Å²) in [5.74, 6) is -0.0765. The average molecular weight is 400 g/mol. The first-order valence-electron chi connectivity index (χ1n) is 9.02. The lowest BCUT2D eigenvalue weighted by Gasteiger charge is -2.02. The SMILES string of the molecule is O=C(c1ccccc1)c1ccccc1Cl.O=C(c1ccccc1)c1ccccn1. The summed E-state index contributed by atoms with van der Waals surface area (Å²) in [7, 11) is 0. The van der Waals surface area contributed by atoms with Crippen LogP contribution in [0, 0.1) is 0 Å². The van der Waals surface area contributed by atoms with Crippen LogP contribution in [0.2, 0.25) is 5.02 Å². The van der Waals surface area contributed by atoms with E-state index >= 15 is 0 Å². The van der Waals surface area contributed by atoms with Crippen LogP contribution < -0.4 is 0 Å². The van der Waals surface area contributed by atoms with Gasteiger partial charge in [0.15, 0.2) is 5.78 Å². The van der Waals surface area contributed by atoms with Gasteiger partial charge >= 0.3 is 0 Å². The summed E-state index contributed by atoms with van der Waals surface area (Å²) < 4.78 is 0. The summed E-state index contributed by atoms with van der Waals surface area (Å²) in [6.07, 6.45) is 1.62. The molecule has 29 heavy (non-hydrogen) atoms. The van der Waals surface area contributed by atoms with Gasteiger partial charge in [0.2, 0.25) is 5.78 Å². The fourth-order valence-electron chi connectivity index (χ4n) is 2.62. The summed E-state index contributed by atoms with van der Waals surface area (Å²) in [4.78, 5) is 27.8. The molecule has 0 aliphatic heterocycles. The van der Waals surface area contributed by atoms with E-state index < -0.39 is 0 Å². The van der Waals surface area contributed by atoms with Gasteiger partial charge in [0.25, 0.3) is 0 Å². The molecule has 3 nitrogen and oxygen atoms in total. The predicted octanol–water partition coefficient (Wildman–Crippen LogP) is 5.88. The predicted molar refractivity (Wildman–Crippen MR) is 115 cm³/mol. The Kier molecular flexibility index (Phi) is 7.04. The van der Waals surface area contributed by atoms with Crippen molar-refractivity contribution in [1.82, 2.24) is 4.98 Å². The molecule has 4 heteroatoms. The molecule has 1 aromatic heterocycles. The van der Waals surface area contributed by atoms with Gasteiger partial charge in [0.05, 0.1) is 5.02 Å². The third-order valence-electron chi connectivity index (χ3n) is 4.09. The minimum atomic E-state index is -0.0406. The fourth-order valence-corrected chi connectivity index (χ4v) is 2.85. The number of nitrogens with zero attached hydrogens (tertiary/aromatic N) is 1. The number of pyridine rings is 1. The lowest BCUT2D eigenvalue weighted by molar-refractivity contribution is 0.102. The van der Waals surface area contributed by atoms with E-state index in [-0.39, 0.29) is 11.6 Å². The van der Waals surface area contributed by atoms with Crippen LogP contribution in [-0.2, 0) is 0 Å². The van der Waals surface area contributed by atoms with Crippen LogP contribution >= 0.6 is 11.6 Å². The van der Waals surface area contributed by atoms with Crippen molar-refractivity contribution >= 4 is 23.2 Å². The van der Waals surface area contributed by atoms with Crippen LogP contribution in [0.25, 0.3) is 0 Å². The van der Waals surface area contributed by atoms with E-state index in [4.69, 9.17) is 11.6 Å². The molecule has 142 valence electrons. The standard InChI is InChI=1S/C13H9ClO.C12H9NO/c14-12-9-5-4-8-11(12)13(15)10-6-2-1-3-7-10;14-12(10-6-2-1-3-7-10)11-8-4-5-9-13-11/h1-9H;1-9H. The summed E-state index contributed by atoms with van der Waals surface area (Å²) in [6, 6.07) is 30.7. The average Bonchev–Trinajstić information content (AvgIpc) is 2.81. The molecule has 4 aromatic rings. The number of rotatable bonds is 4. The number of ketones is 2. The monoisotopic (exact) mass is 399 g/mol. The molecule has 0 aliphatic carbocycles. The van der Waals surface area contributed by atoms with E-state index in [1.165, 1.54) is 0 Å². The quantitative estimate of drug-likeness (QED) is 0.402. The van der Waals surface area contributed by atoms with Gasteiger partial charge in [-0.25, -0.2) is 0 Å². The zero-order valence-corrected chi connectivity index (χ0v) is 16.3. The molecule has 0 N–H and O–H groups in total. The van der Waals surface area contributed by atoms with Crippen molar-refractivity contribution in [1.29, 1.82) is 0 Å². The molecule has 0 fully saturated rings. The van der Waals surface area contributed by atoms with Crippen molar-refractivity contribution < 1.29 is 9.59 Å². The van der Waals surface area contributed by atoms with Crippen LogP contribution in [0.4, 0.5) is 0 Å². The van der Waals surface area contributed by atoms with E-state index in [1.54, 1.807) is 54.7 Å². The molecule has 1 heterocycles. The Morgan fingerprint density at radius 2 is 1.10 bits per heavy atom. The van der Waals surface area contributed by atoms with Gasteiger partial charge < -0.3 is 0 Å². The first-order chi connectivity index (χ1) is 14.2. The van der Waals surface area contributed by atoms with Crippen molar-refractivity contribution in [2.24, 2.45) is 0 Å². The number of carbonyl (C=O) groups is 2. The Labute approximate surface area is 174 Å². The number of carbonyl (C=O) groups excluding carboxylic acids is 2. The van der Waals surface area contributed by atoms with Crippen LogP contribution in [-0.4, -0.2) is 16.6 Å². The topological polar surface area (TPSA) is 47.0 Å². The van der Waals surface area contributed by atoms with Crippen LogP contribution in [0.1, 0.15) is 32.0 Å². The molecule has 0 bridgehead atoms. The number of hydrogen-bond donors (Lipinski definition) is 0. The first-order valence-corrected chi connectivity index (χ1v) is 9.39. The highest BCUT2D eigenvalue weighted by Crippen LogP contribution is 2.18. The Balaban J connectivity index is 0.000000166. The zero-order chi connectivity index (χ0) is 20.5. The maximum Gasteiger partial charge on any atom is 0.211 e. The summed E-state index contributed by atoms with van der Waals surface area (Å²) >= 11 is 5.95. The van der Waals surface area contributed by atoms with Gasteiger partial charge in [-0.2, -0.15) is 0 Å². The van der Waals surface area contributed by atoms with Gasteiger partial charge in [-0.15, -0.1) is 0 Å². The van der Waals surface area contributed by atoms with Crippen LogP contribution in [0.15, 0.2) is 109 Å². The number of halogens is 1. The normalized spacial score (nSPS) is 9.83. The molecule has 0 aliphatic rings. The highest BCUT2D eigenvalue weighted by atomic mass is 35.5. The highest BCUT2D eigenvalue weighted by Gasteiger charge is 2.11. The molecule has 0 amide bonds. The maximum absolute atomic E-state index is 12.0. The van der Waals surface area contributed by atoms with Crippen LogP contribution in [0.3, 0.4) is 0 Å². The minimum absolute atomic E-state index is 0.0359. The maximum atomic E-state index is 12.0. The smallest absolute Gasteiger partial charge is 0.211 e. The molecular formula is C25H18ClNO2. The lowest BCUT2D eigenvalue weighted by atomic mass is 10.0. The fraction of sp³-hybridized carbons (Fsp3) is 0. The third-order valence-corrected chi connectivity index (χ3v) is 4.42. The second-order valence-corrected chi connectivity index (χ2v) is 6.49. The zero-order valence-electron chi connectivity index (χ0n) is 15.5. The van der Waals surface area contributed by atoms with Crippen molar-refractivity contribution in [3.05, 3.63) is 137 Å². The van der Waals surface area contributed by atoms with E-state index in [0.717, 1.165) is 0 Å². The molecule has 0 spiro atoms. The van der Waals surface area contributed by atoms with E-state index in [1.807, 2.05) is 54.6 Å². The molecule has 0 unspecified atom stereocenters. The lowest BCUT2D eigenvalue weighted by Crippen LogP contribution is -2.02. The Morgan fingerprint density at radius 3 is 1.66 bits per heavy atom. The highest BCUT2D eigenvalue weighted by molar-refractivity contribution is 6.34. The molecule has 0 saturated carbocycles. The Bertz CT molecular complexity index is 1040. The summed E-state index contributed by atoms with van der Waals surface area (Å²) in [6.45, 7) is 0. The molecule has 0 saturated heterocycles. The Morgan fingerprint density at radius 1 is 0.586 bits per heavy atom. The van der Waals surface area contributed by atoms with Crippen molar-refractivity contribution in [3.8, 4) is 0 Å². The number of benzene rings is 3. The third kappa shape index (κ3) is 5.47. The van der Waals surface area contributed by atoms with E-state index in [0.29, 0.717) is 27.4 Å². The molecule has 0 radical (unpaired) electrons. The summed E-state index contributed by atoms with van der Waals surface area (Å²) in [5, 5.41) is 0.492. The van der Waals surface area contributed by atoms with E-state index in [9.17, 15) is 9.59 Å². The first kappa shape index (κ1) is 20.2. The van der Waals surface area contributed by atoms with Crippen LogP contribution in [0.5, 0.6) is 0 Å². The number of aromatic nitrogens is 1. The van der Waals surface area contributed by atoms with Crippen molar-refractivity contribution in [2.75, 3.05) is 0 Å². The molecule has 4 rings (SSSR count). The van der Waals surface area contributed by atoms with Gasteiger partial charge in [-0.3, -0.25) is 14.6 Å². The molecule has 0 atom stereocenters. The van der Waals surface area contributed by atoms with Gasteiger partial charge in [-0.1, -0.05) is 90.5 Å². The van der Waals surface area contributed by atoms with Gasteiger partial charge in [0.1, 0.15) is 5.69 Å². The van der Waals surface area contributed by atoms with Crippen molar-refractivity contribution in [2.45, 2.75) is 0 Å². The Hall–Kier alpha value is -3.56. The second kappa shape index (κ2) is 10.1. The second-order valence-electron chi connectivity index (χ2n) is 6.09. The van der Waals surface area contributed by atoms with Gasteiger partial charge in [0, 0.05) is 22.9 Å². The minimum Gasteiger partial charge on any atom is -0.289 e. The van der Waals surface area contributed by atoms with Crippen molar-refractivity contribution in [3.63, 3.8) is 0 Å². The molecule has 3 aromatic carbocycles. The largest absolute Gasteiger partial charge is 0.289 e. The summed E-state index contributed by atoms with van der Waals surface area (Å²) in [5.41, 5.74) is 2.36. The van der Waals surface area contributed by atoms with E-state index in [2.05, 4.69) is 4.98 Å².